The largest absolute Gasteiger partial charge is 0.320 e. The highest BCUT2D eigenvalue weighted by Crippen LogP contribution is 2.21. The van der Waals surface area contributed by atoms with E-state index < -0.39 is 6.04 Å². The summed E-state index contributed by atoms with van der Waals surface area (Å²) < 4.78 is 0. The van der Waals surface area contributed by atoms with Crippen molar-refractivity contribution >= 4 is 22.4 Å². The maximum Gasteiger partial charge on any atom is 0.243 e. The topological polar surface area (TPSA) is 68.0 Å². The number of aryl methyl sites for hydroxylation is 2. The molecule has 4 nitrogen and oxygen atoms in total. The van der Waals surface area contributed by atoms with Crippen molar-refractivity contribution in [2.45, 2.75) is 33.7 Å². The van der Waals surface area contributed by atoms with Crippen LogP contribution >= 0.6 is 11.3 Å². The molecule has 1 aromatic rings. The molecule has 3 N–H and O–H groups in total. The third kappa shape index (κ3) is 3.00. The van der Waals surface area contributed by atoms with Crippen molar-refractivity contribution in [2.75, 3.05) is 5.32 Å². The molecular weight excluding hydrogens is 210 g/mol. The van der Waals surface area contributed by atoms with E-state index in [4.69, 9.17) is 5.73 Å². The Labute approximate surface area is 93.9 Å². The van der Waals surface area contributed by atoms with E-state index in [1.807, 2.05) is 27.7 Å². The Bertz CT molecular complexity index is 340. The number of anilines is 1. The van der Waals surface area contributed by atoms with Crippen LogP contribution in [-0.4, -0.2) is 16.9 Å². The van der Waals surface area contributed by atoms with E-state index in [2.05, 4.69) is 10.3 Å². The van der Waals surface area contributed by atoms with Crippen LogP contribution in [0.1, 0.15) is 24.4 Å². The lowest BCUT2D eigenvalue weighted by atomic mass is 10.1. The number of carbonyl (C=O) groups is 1. The van der Waals surface area contributed by atoms with Gasteiger partial charge in [-0.2, -0.15) is 0 Å². The Morgan fingerprint density at radius 3 is 2.47 bits per heavy atom. The van der Waals surface area contributed by atoms with Gasteiger partial charge in [-0.1, -0.05) is 13.8 Å². The maximum absolute atomic E-state index is 11.6. The fourth-order valence-electron chi connectivity index (χ4n) is 1.02. The van der Waals surface area contributed by atoms with E-state index in [0.29, 0.717) is 5.13 Å². The molecule has 0 saturated heterocycles. The number of carbonyl (C=O) groups excluding carboxylic acids is 1. The van der Waals surface area contributed by atoms with Crippen LogP contribution in [0.2, 0.25) is 0 Å². The van der Waals surface area contributed by atoms with Crippen LogP contribution in [0, 0.1) is 19.8 Å². The summed E-state index contributed by atoms with van der Waals surface area (Å²) in [5.41, 5.74) is 6.67. The van der Waals surface area contributed by atoms with Crippen molar-refractivity contribution in [3.8, 4) is 0 Å². The van der Waals surface area contributed by atoms with E-state index in [9.17, 15) is 4.79 Å². The predicted octanol–water partition coefficient (Wildman–Crippen LogP) is 1.68. The van der Waals surface area contributed by atoms with Gasteiger partial charge in [0.25, 0.3) is 0 Å². The first-order valence-electron chi connectivity index (χ1n) is 4.92. The van der Waals surface area contributed by atoms with Gasteiger partial charge in [0.15, 0.2) is 5.13 Å². The van der Waals surface area contributed by atoms with Crippen LogP contribution in [0.4, 0.5) is 5.13 Å². The van der Waals surface area contributed by atoms with Gasteiger partial charge in [0.1, 0.15) is 0 Å². The van der Waals surface area contributed by atoms with Crippen LogP contribution in [0.3, 0.4) is 0 Å². The average molecular weight is 227 g/mol. The van der Waals surface area contributed by atoms with Crippen LogP contribution in [-0.2, 0) is 4.79 Å². The second-order valence-corrected chi connectivity index (χ2v) is 5.12. The average Bonchev–Trinajstić information content (AvgIpc) is 2.44. The lowest BCUT2D eigenvalue weighted by Crippen LogP contribution is -2.39. The SMILES string of the molecule is Cc1nc(NC(=O)[C@@H](N)C(C)C)sc1C. The Hall–Kier alpha value is -0.940. The van der Waals surface area contributed by atoms with Crippen molar-refractivity contribution < 1.29 is 4.79 Å². The minimum Gasteiger partial charge on any atom is -0.320 e. The van der Waals surface area contributed by atoms with Gasteiger partial charge in [0.2, 0.25) is 5.91 Å². The molecule has 0 bridgehead atoms. The number of nitrogens with zero attached hydrogens (tertiary/aromatic N) is 1. The molecule has 1 atom stereocenters. The first-order chi connectivity index (χ1) is 6.91. The van der Waals surface area contributed by atoms with Crippen molar-refractivity contribution in [1.29, 1.82) is 0 Å². The van der Waals surface area contributed by atoms with E-state index >= 15 is 0 Å². The van der Waals surface area contributed by atoms with Gasteiger partial charge in [0.05, 0.1) is 11.7 Å². The minimum absolute atomic E-state index is 0.132. The third-order valence-electron chi connectivity index (χ3n) is 2.28. The Kier molecular flexibility index (Phi) is 3.82. The fourth-order valence-corrected chi connectivity index (χ4v) is 1.84. The van der Waals surface area contributed by atoms with Crippen molar-refractivity contribution in [2.24, 2.45) is 11.7 Å². The summed E-state index contributed by atoms with van der Waals surface area (Å²) in [6.45, 7) is 7.74. The molecule has 0 saturated carbocycles. The fraction of sp³-hybridized carbons (Fsp3) is 0.600. The molecule has 0 radical (unpaired) electrons. The number of hydrogen-bond acceptors (Lipinski definition) is 4. The van der Waals surface area contributed by atoms with Crippen LogP contribution in [0.15, 0.2) is 0 Å². The van der Waals surface area contributed by atoms with Crippen LogP contribution in [0.25, 0.3) is 0 Å². The van der Waals surface area contributed by atoms with E-state index in [-0.39, 0.29) is 11.8 Å². The summed E-state index contributed by atoms with van der Waals surface area (Å²) in [5, 5.41) is 3.36. The highest BCUT2D eigenvalue weighted by Gasteiger charge is 2.18. The molecule has 1 heterocycles. The molecule has 1 amide bonds. The molecule has 15 heavy (non-hydrogen) atoms. The third-order valence-corrected chi connectivity index (χ3v) is 3.27. The second kappa shape index (κ2) is 4.72. The second-order valence-electron chi connectivity index (χ2n) is 3.92. The molecule has 0 unspecified atom stereocenters. The zero-order valence-electron chi connectivity index (χ0n) is 9.50. The lowest BCUT2D eigenvalue weighted by Gasteiger charge is -2.13. The van der Waals surface area contributed by atoms with Gasteiger partial charge >= 0.3 is 0 Å². The van der Waals surface area contributed by atoms with E-state index in [1.165, 1.54) is 11.3 Å². The Morgan fingerprint density at radius 1 is 1.47 bits per heavy atom. The summed E-state index contributed by atoms with van der Waals surface area (Å²) in [5.74, 6) is -0.0362. The van der Waals surface area contributed by atoms with Gasteiger partial charge in [-0.3, -0.25) is 4.79 Å². The lowest BCUT2D eigenvalue weighted by molar-refractivity contribution is -0.118. The summed E-state index contributed by atoms with van der Waals surface area (Å²) >= 11 is 1.47. The highest BCUT2D eigenvalue weighted by molar-refractivity contribution is 7.15. The first-order valence-corrected chi connectivity index (χ1v) is 5.74. The molecule has 0 aromatic carbocycles. The first kappa shape index (κ1) is 12.1. The molecule has 0 aliphatic heterocycles. The molecule has 84 valence electrons. The van der Waals surface area contributed by atoms with Gasteiger partial charge in [-0.15, -0.1) is 11.3 Å². The standard InChI is InChI=1S/C10H17N3OS/c1-5(2)8(11)9(14)13-10-12-6(3)7(4)15-10/h5,8H,11H2,1-4H3,(H,12,13,14)/t8-/m0/s1. The smallest absolute Gasteiger partial charge is 0.243 e. The van der Waals surface area contributed by atoms with Gasteiger partial charge in [-0.25, -0.2) is 4.98 Å². The number of aromatic nitrogens is 1. The van der Waals surface area contributed by atoms with Crippen molar-refractivity contribution in [3.63, 3.8) is 0 Å². The summed E-state index contributed by atoms with van der Waals surface area (Å²) in [6.07, 6.45) is 0. The van der Waals surface area contributed by atoms with Crippen LogP contribution in [0.5, 0.6) is 0 Å². The number of amides is 1. The Morgan fingerprint density at radius 2 is 2.07 bits per heavy atom. The summed E-state index contributed by atoms with van der Waals surface area (Å²) in [6, 6.07) is -0.477. The number of nitrogens with two attached hydrogens (primary N) is 1. The molecule has 1 rings (SSSR count). The maximum atomic E-state index is 11.6. The Balaban J connectivity index is 2.66. The van der Waals surface area contributed by atoms with Gasteiger partial charge < -0.3 is 11.1 Å². The quantitative estimate of drug-likeness (QED) is 0.825. The molecule has 1 aromatic heterocycles. The van der Waals surface area contributed by atoms with Crippen molar-refractivity contribution in [1.82, 2.24) is 4.98 Å². The molecule has 5 heteroatoms. The summed E-state index contributed by atoms with van der Waals surface area (Å²) in [4.78, 5) is 16.9. The van der Waals surface area contributed by atoms with Crippen LogP contribution < -0.4 is 11.1 Å². The highest BCUT2D eigenvalue weighted by atomic mass is 32.1. The monoisotopic (exact) mass is 227 g/mol. The number of hydrogen-bond donors (Lipinski definition) is 2. The molecular formula is C10H17N3OS. The van der Waals surface area contributed by atoms with E-state index in [0.717, 1.165) is 10.6 Å². The predicted molar refractivity (Wildman–Crippen MR) is 63.0 cm³/mol. The molecule has 0 fully saturated rings. The van der Waals surface area contributed by atoms with Gasteiger partial charge in [-0.05, 0) is 19.8 Å². The molecule has 0 spiro atoms. The zero-order chi connectivity index (χ0) is 11.6. The van der Waals surface area contributed by atoms with Crippen molar-refractivity contribution in [3.05, 3.63) is 10.6 Å². The van der Waals surface area contributed by atoms with E-state index in [1.54, 1.807) is 0 Å². The number of nitrogens with one attached hydrogen (secondary N) is 1. The van der Waals surface area contributed by atoms with Gasteiger partial charge in [0, 0.05) is 4.88 Å². The zero-order valence-corrected chi connectivity index (χ0v) is 10.3. The number of thiazole rings is 1. The summed E-state index contributed by atoms with van der Waals surface area (Å²) in [7, 11) is 0. The molecule has 0 aliphatic carbocycles. The molecule has 0 aliphatic rings. The normalized spacial score (nSPS) is 12.9. The number of rotatable bonds is 3. The minimum atomic E-state index is -0.477.